The summed E-state index contributed by atoms with van der Waals surface area (Å²) in [4.78, 5) is 8.83. The Morgan fingerprint density at radius 3 is 2.90 bits per heavy atom. The number of nitrogens with zero attached hydrogens (tertiary/aromatic N) is 3. The maximum Gasteiger partial charge on any atom is 0.249 e. The molecular formula is C15H15F2N3. The van der Waals surface area contributed by atoms with Crippen molar-refractivity contribution in [3.63, 3.8) is 0 Å². The van der Waals surface area contributed by atoms with Gasteiger partial charge in [-0.3, -0.25) is 4.99 Å². The van der Waals surface area contributed by atoms with E-state index in [4.69, 9.17) is 0 Å². The Morgan fingerprint density at radius 1 is 1.35 bits per heavy atom. The lowest BCUT2D eigenvalue weighted by Crippen LogP contribution is -2.33. The van der Waals surface area contributed by atoms with Gasteiger partial charge >= 0.3 is 0 Å². The Hall–Kier alpha value is -1.78. The van der Waals surface area contributed by atoms with Gasteiger partial charge in [-0.05, 0) is 30.0 Å². The summed E-state index contributed by atoms with van der Waals surface area (Å²) in [7, 11) is 0. The molecule has 20 heavy (non-hydrogen) atoms. The van der Waals surface area contributed by atoms with Crippen LogP contribution in [0.2, 0.25) is 0 Å². The van der Waals surface area contributed by atoms with Crippen LogP contribution in [0.3, 0.4) is 0 Å². The van der Waals surface area contributed by atoms with Gasteiger partial charge in [0.15, 0.2) is 0 Å². The van der Waals surface area contributed by atoms with Crippen LogP contribution in [0.5, 0.6) is 0 Å². The molecule has 2 aliphatic rings. The minimum Gasteiger partial charge on any atom is -0.322 e. The van der Waals surface area contributed by atoms with E-state index in [1.165, 1.54) is 0 Å². The highest BCUT2D eigenvalue weighted by Gasteiger charge is 2.46. The molecule has 0 spiro atoms. The third-order valence-electron chi connectivity index (χ3n) is 4.45. The van der Waals surface area contributed by atoms with Gasteiger partial charge in [0.25, 0.3) is 0 Å². The molecule has 1 fully saturated rings. The Morgan fingerprint density at radius 2 is 2.15 bits per heavy atom. The molecule has 2 aromatic rings. The van der Waals surface area contributed by atoms with E-state index in [0.717, 1.165) is 40.9 Å². The molecule has 0 radical (unpaired) electrons. The zero-order valence-corrected chi connectivity index (χ0v) is 11.2. The number of aliphatic imine (C=N–C) groups is 1. The summed E-state index contributed by atoms with van der Waals surface area (Å²) in [5.41, 5.74) is 4.11. The van der Waals surface area contributed by atoms with Crippen LogP contribution in [0.25, 0.3) is 11.0 Å². The second kappa shape index (κ2) is 3.87. The molecule has 0 amide bonds. The Balaban J connectivity index is 1.81. The van der Waals surface area contributed by atoms with Gasteiger partial charge in [0.05, 0.1) is 12.2 Å². The first-order valence-electron chi connectivity index (χ1n) is 6.91. The molecule has 3 nitrogen and oxygen atoms in total. The number of rotatable bonds is 1. The fourth-order valence-electron chi connectivity index (χ4n) is 3.24. The van der Waals surface area contributed by atoms with Crippen molar-refractivity contribution in [3.05, 3.63) is 29.1 Å². The smallest absolute Gasteiger partial charge is 0.249 e. The number of pyridine rings is 1. The monoisotopic (exact) mass is 275 g/mol. The van der Waals surface area contributed by atoms with E-state index in [2.05, 4.69) is 14.5 Å². The number of hydrogen-bond acceptors (Lipinski definition) is 2. The standard InChI is InChI=1S/C15H15F2N3/c1-9-12-4-10(11-5-15(16,17)6-11)7-19-14(12)20-3-2-18-8-13(9)20/h4,7-8,11H,2-3,5-6H2,1H3. The van der Waals surface area contributed by atoms with Gasteiger partial charge in [-0.2, -0.15) is 0 Å². The van der Waals surface area contributed by atoms with E-state index in [0.29, 0.717) is 0 Å². The lowest BCUT2D eigenvalue weighted by atomic mass is 9.77. The van der Waals surface area contributed by atoms with Crippen LogP contribution in [-0.2, 0) is 6.54 Å². The van der Waals surface area contributed by atoms with E-state index in [-0.39, 0.29) is 18.8 Å². The number of alkyl halides is 2. The molecule has 4 rings (SSSR count). The van der Waals surface area contributed by atoms with Crippen molar-refractivity contribution in [1.82, 2.24) is 9.55 Å². The lowest BCUT2D eigenvalue weighted by molar-refractivity contribution is -0.0867. The van der Waals surface area contributed by atoms with Gasteiger partial charge < -0.3 is 4.57 Å². The van der Waals surface area contributed by atoms with Crippen molar-refractivity contribution < 1.29 is 8.78 Å². The molecule has 0 atom stereocenters. The Bertz CT molecular complexity index is 722. The molecule has 1 saturated carbocycles. The molecule has 5 heteroatoms. The molecule has 1 aliphatic heterocycles. The quantitative estimate of drug-likeness (QED) is 0.785. The average Bonchev–Trinajstić information content (AvgIpc) is 2.70. The van der Waals surface area contributed by atoms with E-state index >= 15 is 0 Å². The summed E-state index contributed by atoms with van der Waals surface area (Å²) >= 11 is 0. The van der Waals surface area contributed by atoms with Gasteiger partial charge in [0.2, 0.25) is 5.92 Å². The minimum absolute atomic E-state index is 0.0474. The van der Waals surface area contributed by atoms with E-state index < -0.39 is 5.92 Å². The highest BCUT2D eigenvalue weighted by atomic mass is 19.3. The van der Waals surface area contributed by atoms with Crippen LogP contribution in [0.1, 0.15) is 35.6 Å². The lowest BCUT2D eigenvalue weighted by Gasteiger charge is -2.35. The molecule has 0 bridgehead atoms. The second-order valence-corrected chi connectivity index (χ2v) is 5.80. The van der Waals surface area contributed by atoms with Crippen LogP contribution in [-0.4, -0.2) is 28.2 Å². The third-order valence-corrected chi connectivity index (χ3v) is 4.45. The first-order chi connectivity index (χ1) is 9.55. The fourth-order valence-corrected chi connectivity index (χ4v) is 3.24. The summed E-state index contributed by atoms with van der Waals surface area (Å²) in [5, 5.41) is 1.07. The molecule has 0 N–H and O–H groups in total. The maximum absolute atomic E-state index is 13.0. The topological polar surface area (TPSA) is 30.2 Å². The summed E-state index contributed by atoms with van der Waals surface area (Å²) in [5.74, 6) is -2.53. The van der Waals surface area contributed by atoms with E-state index in [1.807, 2.05) is 19.2 Å². The van der Waals surface area contributed by atoms with Gasteiger partial charge in [0.1, 0.15) is 5.65 Å². The van der Waals surface area contributed by atoms with Crippen molar-refractivity contribution in [1.29, 1.82) is 0 Å². The maximum atomic E-state index is 13.0. The SMILES string of the molecule is Cc1c2n(c3ncc(C4CC(F)(F)C4)cc13)CCN=C2. The van der Waals surface area contributed by atoms with Gasteiger partial charge in [-0.15, -0.1) is 0 Å². The first-order valence-corrected chi connectivity index (χ1v) is 6.91. The summed E-state index contributed by atoms with van der Waals surface area (Å²) in [6, 6.07) is 2.04. The Kier molecular flexibility index (Phi) is 2.32. The minimum atomic E-state index is -2.48. The first kappa shape index (κ1) is 12.0. The van der Waals surface area contributed by atoms with Crippen molar-refractivity contribution in [2.24, 2.45) is 4.99 Å². The Labute approximate surface area is 115 Å². The largest absolute Gasteiger partial charge is 0.322 e. The molecular weight excluding hydrogens is 260 g/mol. The van der Waals surface area contributed by atoms with Crippen LogP contribution < -0.4 is 0 Å². The number of aryl methyl sites for hydroxylation is 1. The predicted molar refractivity (Wildman–Crippen MR) is 73.9 cm³/mol. The normalized spacial score (nSPS) is 20.9. The number of aromatic nitrogens is 2. The fraction of sp³-hybridized carbons (Fsp3) is 0.467. The molecule has 0 unspecified atom stereocenters. The molecule has 2 aromatic heterocycles. The molecule has 0 saturated heterocycles. The van der Waals surface area contributed by atoms with Crippen LogP contribution in [0.4, 0.5) is 8.78 Å². The highest BCUT2D eigenvalue weighted by Crippen LogP contribution is 2.48. The van der Waals surface area contributed by atoms with Crippen molar-refractivity contribution >= 4 is 17.2 Å². The van der Waals surface area contributed by atoms with Crippen LogP contribution >= 0.6 is 0 Å². The van der Waals surface area contributed by atoms with Crippen molar-refractivity contribution in [2.75, 3.05) is 6.54 Å². The van der Waals surface area contributed by atoms with E-state index in [1.54, 1.807) is 6.20 Å². The van der Waals surface area contributed by atoms with Gasteiger partial charge in [-0.25, -0.2) is 13.8 Å². The summed E-state index contributed by atoms with van der Waals surface area (Å²) in [6.07, 6.45) is 3.56. The average molecular weight is 275 g/mol. The molecule has 3 heterocycles. The van der Waals surface area contributed by atoms with Crippen LogP contribution in [0, 0.1) is 6.92 Å². The van der Waals surface area contributed by atoms with Crippen molar-refractivity contribution in [2.45, 2.75) is 38.2 Å². The van der Waals surface area contributed by atoms with E-state index in [9.17, 15) is 8.78 Å². The van der Waals surface area contributed by atoms with Gasteiger partial charge in [0, 0.05) is 37.2 Å². The predicted octanol–water partition coefficient (Wildman–Crippen LogP) is 3.29. The number of fused-ring (bicyclic) bond motifs is 3. The third kappa shape index (κ3) is 1.62. The van der Waals surface area contributed by atoms with Crippen LogP contribution in [0.15, 0.2) is 17.3 Å². The zero-order valence-electron chi connectivity index (χ0n) is 11.2. The highest BCUT2D eigenvalue weighted by molar-refractivity contribution is 5.93. The number of hydrogen-bond donors (Lipinski definition) is 0. The molecule has 0 aromatic carbocycles. The zero-order chi connectivity index (χ0) is 13.9. The second-order valence-electron chi connectivity index (χ2n) is 5.80. The molecule has 1 aliphatic carbocycles. The number of halogens is 2. The van der Waals surface area contributed by atoms with Gasteiger partial charge in [-0.1, -0.05) is 0 Å². The molecule has 104 valence electrons. The summed E-state index contributed by atoms with van der Waals surface area (Å²) < 4.78 is 28.2. The van der Waals surface area contributed by atoms with Crippen molar-refractivity contribution in [3.8, 4) is 0 Å². The summed E-state index contributed by atoms with van der Waals surface area (Å²) in [6.45, 7) is 3.66.